The highest BCUT2D eigenvalue weighted by atomic mass is 16.3. The molecule has 1 aliphatic rings. The van der Waals surface area contributed by atoms with Gasteiger partial charge in [-0.05, 0) is 12.3 Å². The maximum Gasteiger partial charge on any atom is 0.209 e. The minimum Gasteiger partial charge on any atom is -0.391 e. The molecule has 0 aromatic heterocycles. The molecule has 0 bridgehead atoms. The van der Waals surface area contributed by atoms with E-state index >= 15 is 0 Å². The molecule has 3 nitrogen and oxygen atoms in total. The summed E-state index contributed by atoms with van der Waals surface area (Å²) >= 11 is 0. The number of carbonyl (C=O) groups is 1. The first-order valence-electron chi connectivity index (χ1n) is 3.59. The average molecular weight is 143 g/mol. The SMILES string of the molecule is CC1CC(O)CN(C=O)C1. The zero-order chi connectivity index (χ0) is 7.56. The fourth-order valence-electron chi connectivity index (χ4n) is 1.45. The van der Waals surface area contributed by atoms with Crippen molar-refractivity contribution in [2.75, 3.05) is 13.1 Å². The van der Waals surface area contributed by atoms with E-state index in [4.69, 9.17) is 0 Å². The predicted octanol–water partition coefficient (Wildman–Crippen LogP) is -0.155. The lowest BCUT2D eigenvalue weighted by Crippen LogP contribution is -2.41. The second-order valence-electron chi connectivity index (χ2n) is 3.05. The molecule has 0 aromatic carbocycles. The van der Waals surface area contributed by atoms with E-state index in [0.29, 0.717) is 12.5 Å². The minimum atomic E-state index is -0.311. The van der Waals surface area contributed by atoms with E-state index in [1.807, 2.05) is 6.92 Å². The summed E-state index contributed by atoms with van der Waals surface area (Å²) in [5, 5.41) is 9.18. The lowest BCUT2D eigenvalue weighted by Gasteiger charge is -2.31. The molecule has 0 aliphatic carbocycles. The Balaban J connectivity index is 2.42. The zero-order valence-electron chi connectivity index (χ0n) is 6.16. The quantitative estimate of drug-likeness (QED) is 0.518. The third-order valence-electron chi connectivity index (χ3n) is 1.81. The van der Waals surface area contributed by atoms with Gasteiger partial charge in [0.2, 0.25) is 6.41 Å². The van der Waals surface area contributed by atoms with Crippen LogP contribution < -0.4 is 0 Å². The first-order chi connectivity index (χ1) is 4.72. The molecule has 1 fully saturated rings. The van der Waals surface area contributed by atoms with Crippen molar-refractivity contribution < 1.29 is 9.90 Å². The van der Waals surface area contributed by atoms with Gasteiger partial charge in [-0.15, -0.1) is 0 Å². The van der Waals surface area contributed by atoms with Gasteiger partial charge in [0.1, 0.15) is 0 Å². The summed E-state index contributed by atoms with van der Waals surface area (Å²) < 4.78 is 0. The molecule has 10 heavy (non-hydrogen) atoms. The van der Waals surface area contributed by atoms with Crippen molar-refractivity contribution in [3.63, 3.8) is 0 Å². The molecule has 0 radical (unpaired) electrons. The van der Waals surface area contributed by atoms with E-state index in [2.05, 4.69) is 0 Å². The van der Waals surface area contributed by atoms with Crippen molar-refractivity contribution in [1.82, 2.24) is 4.90 Å². The number of amides is 1. The van der Waals surface area contributed by atoms with Gasteiger partial charge in [-0.2, -0.15) is 0 Å². The fraction of sp³-hybridized carbons (Fsp3) is 0.857. The molecule has 0 aromatic rings. The normalized spacial score (nSPS) is 34.0. The van der Waals surface area contributed by atoms with Crippen LogP contribution in [-0.4, -0.2) is 35.6 Å². The summed E-state index contributed by atoms with van der Waals surface area (Å²) in [6, 6.07) is 0. The van der Waals surface area contributed by atoms with Crippen LogP contribution in [0.15, 0.2) is 0 Å². The Morgan fingerprint density at radius 2 is 2.30 bits per heavy atom. The molecule has 1 N–H and O–H groups in total. The van der Waals surface area contributed by atoms with Gasteiger partial charge in [0.05, 0.1) is 6.10 Å². The van der Waals surface area contributed by atoms with Crippen LogP contribution >= 0.6 is 0 Å². The summed E-state index contributed by atoms with van der Waals surface area (Å²) in [5.74, 6) is 0.439. The molecule has 1 saturated heterocycles. The Bertz CT molecular complexity index is 117. The Hall–Kier alpha value is -0.570. The summed E-state index contributed by atoms with van der Waals surface area (Å²) in [6.45, 7) is 3.34. The van der Waals surface area contributed by atoms with Gasteiger partial charge in [-0.25, -0.2) is 0 Å². The van der Waals surface area contributed by atoms with Crippen LogP contribution in [0.25, 0.3) is 0 Å². The number of carbonyl (C=O) groups excluding carboxylic acids is 1. The standard InChI is InChI=1S/C7H13NO2/c1-6-2-7(10)4-8(3-6)5-9/h5-7,10H,2-4H2,1H3. The number of nitrogens with zero attached hydrogens (tertiary/aromatic N) is 1. The number of aliphatic hydroxyl groups excluding tert-OH is 1. The molecule has 3 heteroatoms. The highest BCUT2D eigenvalue weighted by Crippen LogP contribution is 2.14. The van der Waals surface area contributed by atoms with E-state index in [1.165, 1.54) is 0 Å². The molecule has 0 spiro atoms. The van der Waals surface area contributed by atoms with Crippen LogP contribution in [0.4, 0.5) is 0 Å². The van der Waals surface area contributed by atoms with Crippen molar-refractivity contribution in [1.29, 1.82) is 0 Å². The van der Waals surface area contributed by atoms with Gasteiger partial charge < -0.3 is 10.0 Å². The third kappa shape index (κ3) is 1.70. The van der Waals surface area contributed by atoms with Gasteiger partial charge in [0, 0.05) is 13.1 Å². The van der Waals surface area contributed by atoms with Crippen molar-refractivity contribution in [3.05, 3.63) is 0 Å². The molecule has 0 saturated carbocycles. The molecule has 1 aliphatic heterocycles. The molecular formula is C7H13NO2. The second-order valence-corrected chi connectivity index (χ2v) is 3.05. The second kappa shape index (κ2) is 3.01. The molecule has 58 valence electrons. The largest absolute Gasteiger partial charge is 0.391 e. The zero-order valence-corrected chi connectivity index (χ0v) is 6.16. The van der Waals surface area contributed by atoms with Crippen molar-refractivity contribution in [3.8, 4) is 0 Å². The molecule has 2 atom stereocenters. The molecular weight excluding hydrogens is 130 g/mol. The van der Waals surface area contributed by atoms with Crippen LogP contribution in [0.5, 0.6) is 0 Å². The van der Waals surface area contributed by atoms with Crippen LogP contribution in [0, 0.1) is 5.92 Å². The van der Waals surface area contributed by atoms with Gasteiger partial charge in [0.15, 0.2) is 0 Å². The number of hydrogen-bond acceptors (Lipinski definition) is 2. The van der Waals surface area contributed by atoms with Crippen molar-refractivity contribution >= 4 is 6.41 Å². The van der Waals surface area contributed by atoms with Crippen LogP contribution in [-0.2, 0) is 4.79 Å². The van der Waals surface area contributed by atoms with E-state index < -0.39 is 0 Å². The van der Waals surface area contributed by atoms with Crippen LogP contribution in [0.2, 0.25) is 0 Å². The summed E-state index contributed by atoms with van der Waals surface area (Å²) in [4.78, 5) is 11.9. The average Bonchev–Trinajstić information content (AvgIpc) is 1.85. The highest BCUT2D eigenvalue weighted by Gasteiger charge is 2.21. The fourth-order valence-corrected chi connectivity index (χ4v) is 1.45. The van der Waals surface area contributed by atoms with Crippen molar-refractivity contribution in [2.45, 2.75) is 19.4 Å². The smallest absolute Gasteiger partial charge is 0.209 e. The van der Waals surface area contributed by atoms with E-state index in [9.17, 15) is 9.90 Å². The molecule has 1 heterocycles. The first kappa shape index (κ1) is 7.54. The number of β-amino-alcohol motifs (C(OH)–C–C–N with tert-alkyl or cyclic N) is 1. The summed E-state index contributed by atoms with van der Waals surface area (Å²) in [7, 11) is 0. The minimum absolute atomic E-state index is 0.311. The number of aliphatic hydroxyl groups is 1. The first-order valence-corrected chi connectivity index (χ1v) is 3.59. The number of hydrogen-bond donors (Lipinski definition) is 1. The third-order valence-corrected chi connectivity index (χ3v) is 1.81. The lowest BCUT2D eigenvalue weighted by molar-refractivity contribution is -0.122. The lowest BCUT2D eigenvalue weighted by atomic mass is 9.99. The Kier molecular flexibility index (Phi) is 2.27. The molecule has 1 rings (SSSR count). The predicted molar refractivity (Wildman–Crippen MR) is 37.4 cm³/mol. The maximum atomic E-state index is 10.3. The van der Waals surface area contributed by atoms with Gasteiger partial charge in [-0.3, -0.25) is 4.79 Å². The van der Waals surface area contributed by atoms with E-state index in [0.717, 1.165) is 19.4 Å². The highest BCUT2D eigenvalue weighted by molar-refractivity contribution is 5.47. The number of rotatable bonds is 1. The van der Waals surface area contributed by atoms with Crippen LogP contribution in [0.3, 0.4) is 0 Å². The topological polar surface area (TPSA) is 40.5 Å². The van der Waals surface area contributed by atoms with E-state index in [-0.39, 0.29) is 6.10 Å². The number of likely N-dealkylation sites (tertiary alicyclic amines) is 1. The van der Waals surface area contributed by atoms with Crippen molar-refractivity contribution in [2.24, 2.45) is 5.92 Å². The van der Waals surface area contributed by atoms with Gasteiger partial charge in [-0.1, -0.05) is 6.92 Å². The Morgan fingerprint density at radius 3 is 2.80 bits per heavy atom. The molecule has 2 unspecified atom stereocenters. The van der Waals surface area contributed by atoms with Crippen LogP contribution in [0.1, 0.15) is 13.3 Å². The Labute approximate surface area is 60.6 Å². The monoisotopic (exact) mass is 143 g/mol. The van der Waals surface area contributed by atoms with Gasteiger partial charge in [0.25, 0.3) is 0 Å². The maximum absolute atomic E-state index is 10.3. The summed E-state index contributed by atoms with van der Waals surface area (Å²) in [6.07, 6.45) is 1.32. The Morgan fingerprint density at radius 1 is 1.60 bits per heavy atom. The molecule has 1 amide bonds. The van der Waals surface area contributed by atoms with Gasteiger partial charge >= 0.3 is 0 Å². The summed E-state index contributed by atoms with van der Waals surface area (Å²) in [5.41, 5.74) is 0. The number of piperidine rings is 1. The van der Waals surface area contributed by atoms with E-state index in [1.54, 1.807) is 4.90 Å².